The molecule has 2 aromatic rings. The minimum absolute atomic E-state index is 0.0405. The first-order chi connectivity index (χ1) is 12.8. The van der Waals surface area contributed by atoms with Crippen molar-refractivity contribution in [1.82, 2.24) is 4.90 Å². The van der Waals surface area contributed by atoms with Gasteiger partial charge in [-0.15, -0.1) is 0 Å². The summed E-state index contributed by atoms with van der Waals surface area (Å²) in [6.07, 6.45) is 0.540. The van der Waals surface area contributed by atoms with Gasteiger partial charge in [-0.05, 0) is 68.1 Å². The monoisotopic (exact) mass is 363 g/mol. The van der Waals surface area contributed by atoms with E-state index in [4.69, 9.17) is 9.84 Å². The fourth-order valence-corrected chi connectivity index (χ4v) is 2.95. The summed E-state index contributed by atoms with van der Waals surface area (Å²) in [4.78, 5) is 14.0. The van der Waals surface area contributed by atoms with E-state index < -0.39 is 5.60 Å². The topological polar surface area (TPSA) is 49.8 Å². The van der Waals surface area contributed by atoms with Crippen molar-refractivity contribution < 1.29 is 14.6 Å². The van der Waals surface area contributed by atoms with Gasteiger partial charge in [0.15, 0.2) is 0 Å². The van der Waals surface area contributed by atoms with Gasteiger partial charge in [0.1, 0.15) is 5.60 Å². The molecule has 4 nitrogen and oxygen atoms in total. The molecule has 0 radical (unpaired) electrons. The molecule has 0 aromatic heterocycles. The van der Waals surface area contributed by atoms with Crippen LogP contribution in [0.2, 0.25) is 0 Å². The zero-order chi connectivity index (χ0) is 19.4. The average molecular weight is 363 g/mol. The lowest BCUT2D eigenvalue weighted by molar-refractivity contribution is 0.0224. The van der Waals surface area contributed by atoms with Gasteiger partial charge >= 0.3 is 6.09 Å². The highest BCUT2D eigenvalue weighted by molar-refractivity contribution is 5.68. The highest BCUT2D eigenvalue weighted by atomic mass is 16.6. The van der Waals surface area contributed by atoms with Gasteiger partial charge in [-0.1, -0.05) is 30.0 Å². The Balaban J connectivity index is 1.70. The highest BCUT2D eigenvalue weighted by Gasteiger charge is 2.25. The van der Waals surface area contributed by atoms with E-state index in [-0.39, 0.29) is 12.7 Å². The van der Waals surface area contributed by atoms with Gasteiger partial charge in [-0.2, -0.15) is 0 Å². The molecular weight excluding hydrogens is 338 g/mol. The van der Waals surface area contributed by atoms with E-state index in [1.54, 1.807) is 4.90 Å². The molecule has 0 spiro atoms. The molecular formula is C23H25NO3. The molecule has 0 bridgehead atoms. The van der Waals surface area contributed by atoms with Crippen LogP contribution in [0.5, 0.6) is 0 Å². The maximum absolute atomic E-state index is 12.3. The molecule has 0 saturated carbocycles. The molecule has 1 aliphatic rings. The first-order valence-corrected chi connectivity index (χ1v) is 9.15. The molecule has 1 aliphatic heterocycles. The molecule has 0 aliphatic carbocycles. The van der Waals surface area contributed by atoms with Gasteiger partial charge < -0.3 is 14.7 Å². The molecule has 1 heterocycles. The summed E-state index contributed by atoms with van der Waals surface area (Å²) in [5.74, 6) is 6.35. The maximum atomic E-state index is 12.3. The van der Waals surface area contributed by atoms with E-state index in [9.17, 15) is 4.79 Å². The highest BCUT2D eigenvalue weighted by Crippen LogP contribution is 2.22. The van der Waals surface area contributed by atoms with Gasteiger partial charge in [0.2, 0.25) is 0 Å². The van der Waals surface area contributed by atoms with Crippen LogP contribution in [0.3, 0.4) is 0 Å². The second-order valence-corrected chi connectivity index (χ2v) is 7.74. The third-order valence-corrected chi connectivity index (χ3v) is 4.36. The Labute approximate surface area is 160 Å². The van der Waals surface area contributed by atoms with Crippen LogP contribution in [0.4, 0.5) is 4.79 Å². The van der Waals surface area contributed by atoms with E-state index in [0.717, 1.165) is 28.7 Å². The van der Waals surface area contributed by atoms with Crippen LogP contribution in [0.25, 0.3) is 0 Å². The van der Waals surface area contributed by atoms with Gasteiger partial charge in [0, 0.05) is 24.2 Å². The van der Waals surface area contributed by atoms with Crippen LogP contribution in [-0.2, 0) is 24.3 Å². The van der Waals surface area contributed by atoms with E-state index in [0.29, 0.717) is 13.1 Å². The molecule has 0 saturated heterocycles. The third-order valence-electron chi connectivity index (χ3n) is 4.36. The lowest BCUT2D eigenvalue weighted by Crippen LogP contribution is -2.39. The summed E-state index contributed by atoms with van der Waals surface area (Å²) in [5, 5.41) is 9.09. The molecule has 27 heavy (non-hydrogen) atoms. The van der Waals surface area contributed by atoms with Crippen molar-refractivity contribution in [3.63, 3.8) is 0 Å². The zero-order valence-electron chi connectivity index (χ0n) is 16.1. The van der Waals surface area contributed by atoms with Crippen LogP contribution in [-0.4, -0.2) is 28.2 Å². The maximum Gasteiger partial charge on any atom is 0.410 e. The predicted molar refractivity (Wildman–Crippen MR) is 105 cm³/mol. The average Bonchev–Trinajstić information content (AvgIpc) is 2.65. The SMILES string of the molecule is CC(C)(C)OC(=O)N1CCc2cc(C#Cc3ccc(CO)cc3)ccc2C1. The summed E-state index contributed by atoms with van der Waals surface area (Å²) >= 11 is 0. The van der Waals surface area contributed by atoms with Crippen LogP contribution < -0.4 is 0 Å². The van der Waals surface area contributed by atoms with Crippen LogP contribution in [0.15, 0.2) is 42.5 Å². The number of aliphatic hydroxyl groups excluding tert-OH is 1. The first-order valence-electron chi connectivity index (χ1n) is 9.15. The third kappa shape index (κ3) is 5.12. The van der Waals surface area contributed by atoms with Crippen molar-refractivity contribution in [3.8, 4) is 11.8 Å². The summed E-state index contributed by atoms with van der Waals surface area (Å²) < 4.78 is 5.47. The Morgan fingerprint density at radius 3 is 2.41 bits per heavy atom. The zero-order valence-corrected chi connectivity index (χ0v) is 16.1. The number of carbonyl (C=O) groups is 1. The largest absolute Gasteiger partial charge is 0.444 e. The lowest BCUT2D eigenvalue weighted by atomic mass is 9.97. The van der Waals surface area contributed by atoms with E-state index in [1.807, 2.05) is 57.2 Å². The van der Waals surface area contributed by atoms with Crippen LogP contribution in [0, 0.1) is 11.8 Å². The summed E-state index contributed by atoms with van der Waals surface area (Å²) in [7, 11) is 0. The van der Waals surface area contributed by atoms with Gasteiger partial charge in [0.25, 0.3) is 0 Å². The van der Waals surface area contributed by atoms with Crippen molar-refractivity contribution >= 4 is 6.09 Å². The fraction of sp³-hybridized carbons (Fsp3) is 0.348. The second-order valence-electron chi connectivity index (χ2n) is 7.74. The molecule has 3 rings (SSSR count). The van der Waals surface area contributed by atoms with E-state index in [1.165, 1.54) is 5.56 Å². The number of hydrogen-bond acceptors (Lipinski definition) is 3. The summed E-state index contributed by atoms with van der Waals surface area (Å²) in [5.41, 5.74) is 4.66. The number of benzene rings is 2. The molecule has 0 fully saturated rings. The normalized spacial score (nSPS) is 13.4. The van der Waals surface area contributed by atoms with Gasteiger partial charge in [0.05, 0.1) is 6.61 Å². The van der Waals surface area contributed by atoms with Crippen molar-refractivity contribution in [3.05, 3.63) is 70.3 Å². The number of hydrogen-bond donors (Lipinski definition) is 1. The van der Waals surface area contributed by atoms with Crippen molar-refractivity contribution in [2.24, 2.45) is 0 Å². The van der Waals surface area contributed by atoms with Gasteiger partial charge in [-0.3, -0.25) is 0 Å². The smallest absolute Gasteiger partial charge is 0.410 e. The van der Waals surface area contributed by atoms with Crippen molar-refractivity contribution in [2.75, 3.05) is 6.54 Å². The number of fused-ring (bicyclic) bond motifs is 1. The number of aliphatic hydroxyl groups is 1. The van der Waals surface area contributed by atoms with Crippen LogP contribution >= 0.6 is 0 Å². The lowest BCUT2D eigenvalue weighted by Gasteiger charge is -2.31. The minimum Gasteiger partial charge on any atom is -0.444 e. The Morgan fingerprint density at radius 1 is 1.07 bits per heavy atom. The Kier molecular flexibility index (Phi) is 5.53. The Morgan fingerprint density at radius 2 is 1.74 bits per heavy atom. The number of ether oxygens (including phenoxy) is 1. The predicted octanol–water partition coefficient (Wildman–Crippen LogP) is 3.87. The number of carbonyl (C=O) groups excluding carboxylic acids is 1. The van der Waals surface area contributed by atoms with Gasteiger partial charge in [-0.25, -0.2) is 4.79 Å². The molecule has 4 heteroatoms. The number of amides is 1. The fourth-order valence-electron chi connectivity index (χ4n) is 2.95. The standard InChI is InChI=1S/C23H25NO3/c1-23(2,3)27-22(26)24-13-12-20-14-18(10-11-21(20)15-24)7-4-17-5-8-19(16-25)9-6-17/h5-6,8-11,14,25H,12-13,15-16H2,1-3H3. The van der Waals surface area contributed by atoms with E-state index >= 15 is 0 Å². The van der Waals surface area contributed by atoms with Crippen LogP contribution in [0.1, 0.15) is 48.6 Å². The first kappa shape index (κ1) is 19.0. The summed E-state index contributed by atoms with van der Waals surface area (Å²) in [6, 6.07) is 13.7. The minimum atomic E-state index is -0.480. The van der Waals surface area contributed by atoms with E-state index in [2.05, 4.69) is 17.9 Å². The molecule has 1 N–H and O–H groups in total. The number of nitrogens with zero attached hydrogens (tertiary/aromatic N) is 1. The molecule has 1 amide bonds. The number of rotatable bonds is 1. The molecule has 140 valence electrons. The molecule has 0 unspecified atom stereocenters. The van der Waals surface area contributed by atoms with Crippen molar-refractivity contribution in [2.45, 2.75) is 45.9 Å². The van der Waals surface area contributed by atoms with Crippen molar-refractivity contribution in [1.29, 1.82) is 0 Å². The Bertz CT molecular complexity index is 883. The quantitative estimate of drug-likeness (QED) is 0.783. The molecule has 0 atom stereocenters. The second kappa shape index (κ2) is 7.85. The Hall–Kier alpha value is -2.77. The molecule has 2 aromatic carbocycles. The summed E-state index contributed by atoms with van der Waals surface area (Å²) in [6.45, 7) is 6.90.